The number of hydrogen-bond donors (Lipinski definition) is 0. The van der Waals surface area contributed by atoms with Crippen LogP contribution >= 0.6 is 20.2 Å². The SMILES string of the molecule is CI(OC(=O)C(F)(F)F)c1c(F)c(F)c(F)c(F)c1F. The minimum atomic E-state index is -5.43. The van der Waals surface area contributed by atoms with E-state index >= 15 is 0 Å². The van der Waals surface area contributed by atoms with Gasteiger partial charge in [0.25, 0.3) is 0 Å². The van der Waals surface area contributed by atoms with Gasteiger partial charge in [0, 0.05) is 0 Å². The van der Waals surface area contributed by atoms with Crippen LogP contribution in [0, 0.1) is 32.7 Å². The third-order valence-electron chi connectivity index (χ3n) is 1.84. The van der Waals surface area contributed by atoms with Gasteiger partial charge in [0.2, 0.25) is 0 Å². The molecule has 0 aromatic heterocycles. The van der Waals surface area contributed by atoms with E-state index in [1.165, 1.54) is 0 Å². The van der Waals surface area contributed by atoms with E-state index in [-0.39, 0.29) is 0 Å². The Kier molecular flexibility index (Phi) is 4.82. The quantitative estimate of drug-likeness (QED) is 0.239. The Bertz CT molecular complexity index is 527. The van der Waals surface area contributed by atoms with E-state index in [0.29, 0.717) is 4.93 Å². The van der Waals surface area contributed by atoms with Crippen molar-refractivity contribution in [3.05, 3.63) is 32.7 Å². The summed E-state index contributed by atoms with van der Waals surface area (Å²) in [4.78, 5) is 11.2. The average Bonchev–Trinajstić information content (AvgIpc) is 2.33. The van der Waals surface area contributed by atoms with Crippen LogP contribution in [0.2, 0.25) is 0 Å². The normalized spacial score (nSPS) is 12.3. The predicted molar refractivity (Wildman–Crippen MR) is 57.0 cm³/mol. The number of hydrogen-bond acceptors (Lipinski definition) is 2. The van der Waals surface area contributed by atoms with Gasteiger partial charge in [0.15, 0.2) is 0 Å². The number of rotatable bonds is 2. The van der Waals surface area contributed by atoms with Crippen LogP contribution in [0.15, 0.2) is 0 Å². The van der Waals surface area contributed by atoms with E-state index in [1.54, 1.807) is 0 Å². The van der Waals surface area contributed by atoms with Gasteiger partial charge in [0.1, 0.15) is 0 Å². The third kappa shape index (κ3) is 3.12. The molecule has 0 fully saturated rings. The molecule has 0 saturated carbocycles. The molecule has 2 nitrogen and oxygen atoms in total. The van der Waals surface area contributed by atoms with E-state index in [9.17, 15) is 39.9 Å². The Morgan fingerprint density at radius 1 is 0.900 bits per heavy atom. The fourth-order valence-corrected chi connectivity index (χ4v) is 3.88. The molecular formula is C9H3F8IO2. The summed E-state index contributed by atoms with van der Waals surface area (Å²) in [6.45, 7) is 0. The monoisotopic (exact) mass is 422 g/mol. The summed E-state index contributed by atoms with van der Waals surface area (Å²) in [6.07, 6.45) is -5.43. The molecule has 11 heteroatoms. The van der Waals surface area contributed by atoms with Crippen molar-refractivity contribution in [1.29, 1.82) is 0 Å². The zero-order valence-electron chi connectivity index (χ0n) is 9.22. The number of alkyl halides is 4. The first-order chi connectivity index (χ1) is 8.98. The molecular weight excluding hydrogens is 419 g/mol. The van der Waals surface area contributed by atoms with Gasteiger partial charge >= 0.3 is 113 Å². The summed E-state index contributed by atoms with van der Waals surface area (Å²) < 4.78 is 103. The van der Waals surface area contributed by atoms with Crippen molar-refractivity contribution in [3.63, 3.8) is 0 Å². The second-order valence-electron chi connectivity index (χ2n) is 3.17. The molecule has 114 valence electrons. The molecule has 0 atom stereocenters. The van der Waals surface area contributed by atoms with Crippen LogP contribution in [0.4, 0.5) is 35.1 Å². The van der Waals surface area contributed by atoms with Crippen LogP contribution < -0.4 is 0 Å². The molecule has 20 heavy (non-hydrogen) atoms. The molecule has 0 amide bonds. The number of carbonyl (C=O) groups is 1. The molecule has 0 aliphatic heterocycles. The number of benzene rings is 1. The van der Waals surface area contributed by atoms with Gasteiger partial charge in [-0.15, -0.1) is 0 Å². The van der Waals surface area contributed by atoms with Crippen LogP contribution in [-0.2, 0) is 7.86 Å². The van der Waals surface area contributed by atoms with Gasteiger partial charge in [-0.1, -0.05) is 0 Å². The summed E-state index contributed by atoms with van der Waals surface area (Å²) in [5.41, 5.74) is 0. The second kappa shape index (κ2) is 5.69. The van der Waals surface area contributed by atoms with Crippen molar-refractivity contribution in [2.45, 2.75) is 6.18 Å². The molecule has 1 aromatic carbocycles. The average molecular weight is 422 g/mol. The topological polar surface area (TPSA) is 26.3 Å². The minimum absolute atomic E-state index is 0.686. The molecule has 0 radical (unpaired) electrons. The van der Waals surface area contributed by atoms with Gasteiger partial charge in [-0.2, -0.15) is 0 Å². The molecule has 1 aromatic rings. The van der Waals surface area contributed by atoms with Gasteiger partial charge in [-0.25, -0.2) is 0 Å². The molecule has 0 aliphatic carbocycles. The Balaban J connectivity index is 3.24. The Labute approximate surface area is 113 Å². The summed E-state index contributed by atoms with van der Waals surface area (Å²) in [7, 11) is 0. The summed E-state index contributed by atoms with van der Waals surface area (Å²) in [5.74, 6) is -14.4. The van der Waals surface area contributed by atoms with Crippen molar-refractivity contribution in [2.24, 2.45) is 0 Å². The van der Waals surface area contributed by atoms with E-state index in [1.807, 2.05) is 0 Å². The molecule has 0 saturated heterocycles. The molecule has 0 aliphatic rings. The maximum absolute atomic E-state index is 13.2. The summed E-state index contributed by atoms with van der Waals surface area (Å²) in [5, 5.41) is 0. The Morgan fingerprint density at radius 3 is 1.60 bits per heavy atom. The third-order valence-corrected chi connectivity index (χ3v) is 5.37. The van der Waals surface area contributed by atoms with E-state index in [4.69, 9.17) is 0 Å². The zero-order valence-corrected chi connectivity index (χ0v) is 11.4. The first kappa shape index (κ1) is 16.9. The molecule has 0 N–H and O–H groups in total. The van der Waals surface area contributed by atoms with Crippen LogP contribution in [0.3, 0.4) is 0 Å². The van der Waals surface area contributed by atoms with E-state index in [2.05, 4.69) is 3.07 Å². The van der Waals surface area contributed by atoms with E-state index < -0.39 is 65.0 Å². The van der Waals surface area contributed by atoms with Gasteiger partial charge in [-0.3, -0.25) is 0 Å². The Hall–Kier alpha value is -1.14. The van der Waals surface area contributed by atoms with E-state index in [0.717, 1.165) is 0 Å². The number of halogens is 9. The first-order valence-electron chi connectivity index (χ1n) is 4.39. The van der Waals surface area contributed by atoms with Crippen molar-refractivity contribution >= 4 is 26.2 Å². The van der Waals surface area contributed by atoms with Crippen molar-refractivity contribution in [2.75, 3.05) is 4.93 Å². The van der Waals surface area contributed by atoms with Gasteiger partial charge in [0.05, 0.1) is 0 Å². The van der Waals surface area contributed by atoms with Gasteiger partial charge in [-0.05, 0) is 0 Å². The first-order valence-corrected chi connectivity index (χ1v) is 8.51. The fourth-order valence-electron chi connectivity index (χ4n) is 0.999. The van der Waals surface area contributed by atoms with Crippen LogP contribution in [0.5, 0.6) is 0 Å². The standard InChI is InChI=1S/C9H3F8IO2/c1-18(20-8(19)9(15,16)17)7-5(13)3(11)2(10)4(12)6(7)14/h1H3. The van der Waals surface area contributed by atoms with Crippen LogP contribution in [-0.4, -0.2) is 17.1 Å². The van der Waals surface area contributed by atoms with Crippen molar-refractivity contribution in [3.8, 4) is 0 Å². The Morgan fingerprint density at radius 2 is 1.25 bits per heavy atom. The fraction of sp³-hybridized carbons (Fsp3) is 0.222. The number of carbonyl (C=O) groups excluding carboxylic acids is 1. The molecule has 0 heterocycles. The second-order valence-corrected chi connectivity index (χ2v) is 7.09. The molecule has 0 spiro atoms. The summed E-state index contributed by atoms with van der Waals surface area (Å²) >= 11 is -4.03. The zero-order chi connectivity index (χ0) is 15.8. The van der Waals surface area contributed by atoms with Crippen LogP contribution in [0.1, 0.15) is 0 Å². The molecule has 0 bridgehead atoms. The van der Waals surface area contributed by atoms with Crippen molar-refractivity contribution < 1.29 is 43.0 Å². The molecule has 1 rings (SSSR count). The maximum atomic E-state index is 13.2. The van der Waals surface area contributed by atoms with Gasteiger partial charge < -0.3 is 0 Å². The summed E-state index contributed by atoms with van der Waals surface area (Å²) in [6, 6.07) is 0. The van der Waals surface area contributed by atoms with Crippen LogP contribution in [0.25, 0.3) is 0 Å². The predicted octanol–water partition coefficient (Wildman–Crippen LogP) is 3.71. The van der Waals surface area contributed by atoms with Crippen molar-refractivity contribution in [1.82, 2.24) is 0 Å². The molecule has 0 unspecified atom stereocenters.